The summed E-state index contributed by atoms with van der Waals surface area (Å²) in [5.41, 5.74) is 3.88. The maximum absolute atomic E-state index is 4.00. The third-order valence-corrected chi connectivity index (χ3v) is 4.73. The number of hydrogen-bond donors (Lipinski definition) is 1. The molecule has 1 saturated heterocycles. The van der Waals surface area contributed by atoms with E-state index in [1.165, 1.54) is 16.7 Å². The first-order valence-electron chi connectivity index (χ1n) is 10.4. The average Bonchev–Trinajstić information content (AvgIpc) is 2.76. The van der Waals surface area contributed by atoms with Gasteiger partial charge >= 0.3 is 0 Å². The smallest absolute Gasteiger partial charge is 0.0236 e. The van der Waals surface area contributed by atoms with Crippen LogP contribution in [-0.4, -0.2) is 30.6 Å². The highest BCUT2D eigenvalue weighted by Gasteiger charge is 2.19. The Morgan fingerprint density at radius 1 is 1.07 bits per heavy atom. The van der Waals surface area contributed by atoms with Crippen LogP contribution in [0.3, 0.4) is 0 Å². The van der Waals surface area contributed by atoms with Crippen molar-refractivity contribution in [3.63, 3.8) is 0 Å². The summed E-state index contributed by atoms with van der Waals surface area (Å²) in [7, 11) is 0. The lowest BCUT2D eigenvalue weighted by Gasteiger charge is -2.34. The van der Waals surface area contributed by atoms with Gasteiger partial charge in [0, 0.05) is 32.2 Å². The van der Waals surface area contributed by atoms with E-state index in [1.54, 1.807) is 0 Å². The molecule has 1 atom stereocenters. The fraction of sp³-hybridized carbons (Fsp3) is 0.308. The van der Waals surface area contributed by atoms with E-state index in [2.05, 4.69) is 89.6 Å². The Bertz CT molecular complexity index is 732. The van der Waals surface area contributed by atoms with E-state index in [0.717, 1.165) is 32.6 Å². The summed E-state index contributed by atoms with van der Waals surface area (Å²) >= 11 is 0. The molecule has 0 amide bonds. The van der Waals surface area contributed by atoms with E-state index >= 15 is 0 Å². The summed E-state index contributed by atoms with van der Waals surface area (Å²) in [5, 5.41) is 3.65. The van der Waals surface area contributed by atoms with E-state index in [-0.39, 0.29) is 0 Å². The first-order chi connectivity index (χ1) is 13.8. The standard InChI is InChI=1S/C24H28N2.C2H6/c1-2-21(14-9-15-22-10-5-3-6-11-22)18-24-20-26(17-16-25-24)19-23-12-7-4-8-13-23;1-2/h2-15,24-25H,1,16-20H2;1-2H3/b15-9+,21-14+;/t24-;/m1./s1. The zero-order valence-corrected chi connectivity index (χ0v) is 17.4. The number of nitrogens with zero attached hydrogens (tertiary/aromatic N) is 1. The van der Waals surface area contributed by atoms with Crippen molar-refractivity contribution < 1.29 is 0 Å². The number of benzene rings is 2. The van der Waals surface area contributed by atoms with Crippen molar-refractivity contribution in [1.29, 1.82) is 0 Å². The van der Waals surface area contributed by atoms with E-state index in [0.29, 0.717) is 6.04 Å². The molecule has 0 bridgehead atoms. The quantitative estimate of drug-likeness (QED) is 0.625. The molecule has 1 N–H and O–H groups in total. The van der Waals surface area contributed by atoms with Crippen LogP contribution in [0.25, 0.3) is 6.08 Å². The van der Waals surface area contributed by atoms with Gasteiger partial charge in [0.15, 0.2) is 0 Å². The van der Waals surface area contributed by atoms with E-state index in [4.69, 9.17) is 0 Å². The summed E-state index contributed by atoms with van der Waals surface area (Å²) in [6, 6.07) is 21.6. The summed E-state index contributed by atoms with van der Waals surface area (Å²) in [6.45, 7) is 12.2. The normalized spacial score (nSPS) is 17.8. The molecule has 0 unspecified atom stereocenters. The third-order valence-electron chi connectivity index (χ3n) is 4.73. The number of rotatable bonds is 7. The van der Waals surface area contributed by atoms with Crippen molar-refractivity contribution in [2.24, 2.45) is 0 Å². The van der Waals surface area contributed by atoms with Crippen LogP contribution in [0.5, 0.6) is 0 Å². The van der Waals surface area contributed by atoms with Gasteiger partial charge in [-0.2, -0.15) is 0 Å². The lowest BCUT2D eigenvalue weighted by atomic mass is 10.0. The van der Waals surface area contributed by atoms with Gasteiger partial charge in [-0.25, -0.2) is 0 Å². The predicted molar refractivity (Wildman–Crippen MR) is 123 cm³/mol. The van der Waals surface area contributed by atoms with Crippen LogP contribution in [-0.2, 0) is 6.54 Å². The topological polar surface area (TPSA) is 15.3 Å². The first-order valence-corrected chi connectivity index (χ1v) is 10.4. The molecule has 148 valence electrons. The Kier molecular flexibility index (Phi) is 10.1. The van der Waals surface area contributed by atoms with Gasteiger partial charge in [0.1, 0.15) is 0 Å². The molecule has 1 aliphatic heterocycles. The summed E-state index contributed by atoms with van der Waals surface area (Å²) < 4.78 is 0. The van der Waals surface area contributed by atoms with Gasteiger partial charge in [0.05, 0.1) is 0 Å². The van der Waals surface area contributed by atoms with Crippen molar-refractivity contribution in [2.75, 3.05) is 19.6 Å². The Balaban J connectivity index is 0.00000136. The predicted octanol–water partition coefficient (Wildman–Crippen LogP) is 5.70. The molecule has 0 spiro atoms. The molecular formula is C26H34N2. The number of hydrogen-bond acceptors (Lipinski definition) is 2. The molecular weight excluding hydrogens is 340 g/mol. The Hall–Kier alpha value is -2.42. The molecule has 1 aliphatic rings. The van der Waals surface area contributed by atoms with Crippen LogP contribution in [0.1, 0.15) is 31.4 Å². The van der Waals surface area contributed by atoms with Gasteiger partial charge in [-0.1, -0.05) is 105 Å². The molecule has 0 aliphatic carbocycles. The van der Waals surface area contributed by atoms with Crippen molar-refractivity contribution >= 4 is 6.08 Å². The zero-order chi connectivity index (χ0) is 20.0. The van der Waals surface area contributed by atoms with E-state index in [1.807, 2.05) is 26.0 Å². The minimum Gasteiger partial charge on any atom is -0.311 e. The Labute approximate surface area is 171 Å². The van der Waals surface area contributed by atoms with Gasteiger partial charge in [0.2, 0.25) is 0 Å². The minimum absolute atomic E-state index is 0.474. The number of piperazine rings is 1. The maximum atomic E-state index is 4.00. The molecule has 3 rings (SSSR count). The summed E-state index contributed by atoms with van der Waals surface area (Å²) in [4.78, 5) is 2.54. The summed E-state index contributed by atoms with van der Waals surface area (Å²) in [5.74, 6) is 0. The molecule has 28 heavy (non-hydrogen) atoms. The van der Waals surface area contributed by atoms with Crippen LogP contribution in [0.4, 0.5) is 0 Å². The minimum atomic E-state index is 0.474. The highest BCUT2D eigenvalue weighted by atomic mass is 15.2. The SMILES string of the molecule is C=C/C(=C\C=C\c1ccccc1)C[C@@H]1CN(Cc2ccccc2)CCN1.CC. The molecule has 2 aromatic rings. The van der Waals surface area contributed by atoms with Crippen LogP contribution in [0.2, 0.25) is 0 Å². The van der Waals surface area contributed by atoms with E-state index in [9.17, 15) is 0 Å². The van der Waals surface area contributed by atoms with Crippen molar-refractivity contribution in [1.82, 2.24) is 10.2 Å². The molecule has 0 saturated carbocycles. The van der Waals surface area contributed by atoms with Gasteiger partial charge in [-0.3, -0.25) is 4.90 Å². The van der Waals surface area contributed by atoms with Crippen LogP contribution in [0, 0.1) is 0 Å². The highest BCUT2D eigenvalue weighted by molar-refractivity contribution is 5.51. The molecule has 1 fully saturated rings. The molecule has 2 heteroatoms. The lowest BCUT2D eigenvalue weighted by molar-refractivity contribution is 0.192. The fourth-order valence-electron chi connectivity index (χ4n) is 3.37. The number of nitrogens with one attached hydrogen (secondary N) is 1. The molecule has 1 heterocycles. The zero-order valence-electron chi connectivity index (χ0n) is 17.4. The van der Waals surface area contributed by atoms with Crippen molar-refractivity contribution in [3.8, 4) is 0 Å². The van der Waals surface area contributed by atoms with Gasteiger partial charge in [-0.15, -0.1) is 0 Å². The molecule has 0 aromatic heterocycles. The Morgan fingerprint density at radius 3 is 2.43 bits per heavy atom. The first kappa shape index (κ1) is 21.9. The molecule has 2 nitrogen and oxygen atoms in total. The molecule has 0 radical (unpaired) electrons. The fourth-order valence-corrected chi connectivity index (χ4v) is 3.37. The molecule has 2 aromatic carbocycles. The van der Waals surface area contributed by atoms with Crippen molar-refractivity contribution in [3.05, 3.63) is 102 Å². The van der Waals surface area contributed by atoms with Crippen molar-refractivity contribution in [2.45, 2.75) is 32.9 Å². The van der Waals surface area contributed by atoms with Crippen LogP contribution >= 0.6 is 0 Å². The second-order valence-corrected chi connectivity index (χ2v) is 6.79. The highest BCUT2D eigenvalue weighted by Crippen LogP contribution is 2.14. The summed E-state index contributed by atoms with van der Waals surface area (Å²) in [6.07, 6.45) is 9.43. The van der Waals surface area contributed by atoms with Crippen LogP contribution < -0.4 is 5.32 Å². The number of allylic oxidation sites excluding steroid dienone is 3. The Morgan fingerprint density at radius 2 is 1.75 bits per heavy atom. The lowest BCUT2D eigenvalue weighted by Crippen LogP contribution is -2.50. The van der Waals surface area contributed by atoms with Gasteiger partial charge in [0.25, 0.3) is 0 Å². The van der Waals surface area contributed by atoms with Gasteiger partial charge < -0.3 is 5.32 Å². The van der Waals surface area contributed by atoms with Gasteiger partial charge in [-0.05, 0) is 23.1 Å². The largest absolute Gasteiger partial charge is 0.311 e. The maximum Gasteiger partial charge on any atom is 0.0236 e. The van der Waals surface area contributed by atoms with E-state index < -0.39 is 0 Å². The average molecular weight is 375 g/mol. The third kappa shape index (κ3) is 7.67. The second-order valence-electron chi connectivity index (χ2n) is 6.79. The van der Waals surface area contributed by atoms with Crippen LogP contribution in [0.15, 0.2) is 91.0 Å². The second kappa shape index (κ2) is 12.9. The monoisotopic (exact) mass is 374 g/mol.